The van der Waals surface area contributed by atoms with Crippen molar-refractivity contribution < 1.29 is 9.53 Å². The fourth-order valence-electron chi connectivity index (χ4n) is 2.45. The van der Waals surface area contributed by atoms with Crippen LogP contribution in [0.2, 0.25) is 5.02 Å². The molecule has 0 radical (unpaired) electrons. The van der Waals surface area contributed by atoms with E-state index in [0.717, 1.165) is 17.7 Å². The van der Waals surface area contributed by atoms with Crippen molar-refractivity contribution in [1.82, 2.24) is 5.32 Å². The molecule has 1 aliphatic rings. The van der Waals surface area contributed by atoms with Crippen LogP contribution in [0.4, 0.5) is 0 Å². The molecule has 1 aromatic rings. The molecule has 1 amide bonds. The summed E-state index contributed by atoms with van der Waals surface area (Å²) in [5.41, 5.74) is 0.946. The van der Waals surface area contributed by atoms with Crippen molar-refractivity contribution in [3.05, 3.63) is 28.8 Å². The number of hydrogen-bond acceptors (Lipinski definition) is 2. The molecule has 17 heavy (non-hydrogen) atoms. The van der Waals surface area contributed by atoms with E-state index in [-0.39, 0.29) is 17.9 Å². The van der Waals surface area contributed by atoms with E-state index in [1.807, 2.05) is 18.2 Å². The molecule has 0 spiro atoms. The predicted molar refractivity (Wildman–Crippen MR) is 67.6 cm³/mol. The van der Waals surface area contributed by atoms with Gasteiger partial charge in [0.2, 0.25) is 5.91 Å². The number of methoxy groups -OCH3 is 1. The van der Waals surface area contributed by atoms with E-state index in [1.165, 1.54) is 0 Å². The smallest absolute Gasteiger partial charge is 0.220 e. The maximum Gasteiger partial charge on any atom is 0.220 e. The van der Waals surface area contributed by atoms with Gasteiger partial charge in [0.15, 0.2) is 0 Å². The molecular weight excluding hydrogens is 238 g/mol. The molecule has 1 heterocycles. The quantitative estimate of drug-likeness (QED) is 0.900. The van der Waals surface area contributed by atoms with E-state index in [4.69, 9.17) is 16.3 Å². The molecule has 1 saturated heterocycles. The highest BCUT2D eigenvalue weighted by Gasteiger charge is 2.35. The number of rotatable bonds is 3. The monoisotopic (exact) mass is 253 g/mol. The first-order chi connectivity index (χ1) is 8.17. The van der Waals surface area contributed by atoms with Gasteiger partial charge in [0, 0.05) is 29.0 Å². The summed E-state index contributed by atoms with van der Waals surface area (Å²) in [4.78, 5) is 11.5. The lowest BCUT2D eigenvalue weighted by Gasteiger charge is -2.20. The maximum atomic E-state index is 11.5. The Morgan fingerprint density at radius 3 is 2.94 bits per heavy atom. The average Bonchev–Trinajstić information content (AvgIpc) is 2.69. The standard InChI is InChI=1S/C13H16ClNO2/c1-3-10-8(7-12(16)15-10)13-9(14)5-4-6-11(13)17-2/h4-6,8,10H,3,7H2,1-2H3,(H,15,16). The minimum absolute atomic E-state index is 0.0869. The van der Waals surface area contributed by atoms with E-state index >= 15 is 0 Å². The van der Waals surface area contributed by atoms with Crippen LogP contribution in [0.15, 0.2) is 18.2 Å². The van der Waals surface area contributed by atoms with Crippen LogP contribution < -0.4 is 10.1 Å². The van der Waals surface area contributed by atoms with Gasteiger partial charge in [0.25, 0.3) is 0 Å². The Labute approximate surface area is 106 Å². The van der Waals surface area contributed by atoms with E-state index < -0.39 is 0 Å². The zero-order valence-corrected chi connectivity index (χ0v) is 10.8. The summed E-state index contributed by atoms with van der Waals surface area (Å²) in [6.45, 7) is 2.06. The van der Waals surface area contributed by atoms with Gasteiger partial charge in [-0.25, -0.2) is 0 Å². The molecular formula is C13H16ClNO2. The van der Waals surface area contributed by atoms with Crippen molar-refractivity contribution in [2.24, 2.45) is 0 Å². The Hall–Kier alpha value is -1.22. The van der Waals surface area contributed by atoms with Gasteiger partial charge in [0.1, 0.15) is 5.75 Å². The van der Waals surface area contributed by atoms with Gasteiger partial charge >= 0.3 is 0 Å². The van der Waals surface area contributed by atoms with Crippen molar-refractivity contribution in [3.63, 3.8) is 0 Å². The molecule has 0 aromatic heterocycles. The third-order valence-corrected chi connectivity index (χ3v) is 3.61. The number of carbonyl (C=O) groups excluding carboxylic acids is 1. The van der Waals surface area contributed by atoms with Crippen molar-refractivity contribution in [1.29, 1.82) is 0 Å². The minimum atomic E-state index is 0.0869. The van der Waals surface area contributed by atoms with Crippen LogP contribution in [0.5, 0.6) is 5.75 Å². The predicted octanol–water partition coefficient (Wildman–Crippen LogP) is 2.73. The Balaban J connectivity index is 2.42. The van der Waals surface area contributed by atoms with Gasteiger partial charge in [-0.1, -0.05) is 24.6 Å². The second-order valence-corrected chi connectivity index (χ2v) is 4.66. The third kappa shape index (κ3) is 2.25. The zero-order chi connectivity index (χ0) is 12.4. The summed E-state index contributed by atoms with van der Waals surface area (Å²) in [6.07, 6.45) is 1.38. The molecule has 0 aliphatic carbocycles. The highest BCUT2D eigenvalue weighted by molar-refractivity contribution is 6.31. The molecule has 1 aromatic carbocycles. The highest BCUT2D eigenvalue weighted by atomic mass is 35.5. The number of amides is 1. The first-order valence-electron chi connectivity index (χ1n) is 5.79. The van der Waals surface area contributed by atoms with E-state index in [9.17, 15) is 4.79 Å². The number of hydrogen-bond donors (Lipinski definition) is 1. The molecule has 0 bridgehead atoms. The molecule has 4 heteroatoms. The van der Waals surface area contributed by atoms with Crippen molar-refractivity contribution in [2.75, 3.05) is 7.11 Å². The summed E-state index contributed by atoms with van der Waals surface area (Å²) < 4.78 is 5.34. The number of benzene rings is 1. The second kappa shape index (κ2) is 4.96. The summed E-state index contributed by atoms with van der Waals surface area (Å²) in [7, 11) is 1.63. The summed E-state index contributed by atoms with van der Waals surface area (Å²) in [5, 5.41) is 3.65. The molecule has 1 fully saturated rings. The molecule has 1 aliphatic heterocycles. The van der Waals surface area contributed by atoms with Gasteiger partial charge in [-0.3, -0.25) is 4.79 Å². The number of carbonyl (C=O) groups is 1. The summed E-state index contributed by atoms with van der Waals surface area (Å²) in [6, 6.07) is 5.73. The van der Waals surface area contributed by atoms with Crippen LogP contribution in [0.3, 0.4) is 0 Å². The van der Waals surface area contributed by atoms with Crippen LogP contribution in [0, 0.1) is 0 Å². The van der Waals surface area contributed by atoms with E-state index in [1.54, 1.807) is 7.11 Å². The van der Waals surface area contributed by atoms with Crippen molar-refractivity contribution in [3.8, 4) is 5.75 Å². The zero-order valence-electron chi connectivity index (χ0n) is 10.00. The molecule has 3 nitrogen and oxygen atoms in total. The lowest BCUT2D eigenvalue weighted by molar-refractivity contribution is -0.119. The fraction of sp³-hybridized carbons (Fsp3) is 0.462. The highest BCUT2D eigenvalue weighted by Crippen LogP contribution is 2.39. The lowest BCUT2D eigenvalue weighted by atomic mass is 9.90. The molecule has 2 unspecified atom stereocenters. The Bertz CT molecular complexity index is 433. The van der Waals surface area contributed by atoms with Crippen LogP contribution in [-0.2, 0) is 4.79 Å². The normalized spacial score (nSPS) is 23.6. The Morgan fingerprint density at radius 1 is 1.53 bits per heavy atom. The third-order valence-electron chi connectivity index (χ3n) is 3.28. The first kappa shape index (κ1) is 12.2. The van der Waals surface area contributed by atoms with Crippen LogP contribution in [0.1, 0.15) is 31.2 Å². The first-order valence-corrected chi connectivity index (χ1v) is 6.17. The fourth-order valence-corrected chi connectivity index (χ4v) is 2.76. The summed E-state index contributed by atoms with van der Waals surface area (Å²) >= 11 is 6.24. The summed E-state index contributed by atoms with van der Waals surface area (Å²) in [5.74, 6) is 0.956. The number of ether oxygens (including phenoxy) is 1. The Kier molecular flexibility index (Phi) is 3.57. The van der Waals surface area contributed by atoms with E-state index in [0.29, 0.717) is 11.4 Å². The van der Waals surface area contributed by atoms with Gasteiger partial charge in [-0.05, 0) is 18.6 Å². The topological polar surface area (TPSA) is 38.3 Å². The van der Waals surface area contributed by atoms with Crippen LogP contribution >= 0.6 is 11.6 Å². The van der Waals surface area contributed by atoms with Crippen LogP contribution in [0.25, 0.3) is 0 Å². The number of nitrogens with one attached hydrogen (secondary N) is 1. The van der Waals surface area contributed by atoms with E-state index in [2.05, 4.69) is 12.2 Å². The van der Waals surface area contributed by atoms with Gasteiger partial charge < -0.3 is 10.1 Å². The van der Waals surface area contributed by atoms with Crippen LogP contribution in [-0.4, -0.2) is 19.1 Å². The largest absolute Gasteiger partial charge is 0.496 e. The van der Waals surface area contributed by atoms with Gasteiger partial charge in [0.05, 0.1) is 7.11 Å². The lowest BCUT2D eigenvalue weighted by Crippen LogP contribution is -2.27. The van der Waals surface area contributed by atoms with Gasteiger partial charge in [-0.15, -0.1) is 0 Å². The molecule has 2 atom stereocenters. The Morgan fingerprint density at radius 2 is 2.29 bits per heavy atom. The minimum Gasteiger partial charge on any atom is -0.496 e. The average molecular weight is 254 g/mol. The van der Waals surface area contributed by atoms with Crippen molar-refractivity contribution >= 4 is 17.5 Å². The molecule has 2 rings (SSSR count). The molecule has 92 valence electrons. The van der Waals surface area contributed by atoms with Crippen molar-refractivity contribution in [2.45, 2.75) is 31.7 Å². The molecule has 0 saturated carbocycles. The number of halogens is 1. The SMILES string of the molecule is CCC1NC(=O)CC1c1c(Cl)cccc1OC. The maximum absolute atomic E-state index is 11.5. The van der Waals surface area contributed by atoms with Gasteiger partial charge in [-0.2, -0.15) is 0 Å². The second-order valence-electron chi connectivity index (χ2n) is 4.25. The molecule has 1 N–H and O–H groups in total.